The van der Waals surface area contributed by atoms with Crippen molar-refractivity contribution in [2.45, 2.75) is 10.3 Å². The number of fused-ring (bicyclic) bond motifs is 1. The number of nitrogens with one attached hydrogen (secondary N) is 2. The van der Waals surface area contributed by atoms with Crippen molar-refractivity contribution in [2.75, 3.05) is 5.32 Å². The number of nitrogens with zero attached hydrogens (tertiary/aromatic N) is 3. The van der Waals surface area contributed by atoms with Gasteiger partial charge in [-0.3, -0.25) is 4.79 Å². The number of aromatic amines is 1. The highest BCUT2D eigenvalue weighted by atomic mass is 35.5. The lowest BCUT2D eigenvalue weighted by atomic mass is 10.1. The topological polar surface area (TPSA) is 83.6 Å². The van der Waals surface area contributed by atoms with Gasteiger partial charge in [0.05, 0.1) is 6.33 Å². The molecule has 0 saturated heterocycles. The van der Waals surface area contributed by atoms with Crippen LogP contribution >= 0.6 is 23.4 Å². The van der Waals surface area contributed by atoms with Crippen LogP contribution in [-0.4, -0.2) is 25.8 Å². The van der Waals surface area contributed by atoms with Gasteiger partial charge in [0.25, 0.3) is 0 Å². The number of halogens is 1. The number of imidazole rings is 1. The van der Waals surface area contributed by atoms with Gasteiger partial charge in [-0.2, -0.15) is 0 Å². The van der Waals surface area contributed by atoms with Gasteiger partial charge in [-0.15, -0.1) is 0 Å². The maximum absolute atomic E-state index is 13.0. The lowest BCUT2D eigenvalue weighted by molar-refractivity contribution is -0.115. The summed E-state index contributed by atoms with van der Waals surface area (Å²) in [7, 11) is 0. The van der Waals surface area contributed by atoms with Gasteiger partial charge in [0.15, 0.2) is 5.65 Å². The standard InChI is InChI=1S/C19H14ClN5OS/c20-13-6-8-14(9-7-13)25-18(26)16(12-4-2-1-3-5-12)27-19-15-17(22-10-21-15)23-11-24-19/h1-11,16H,(H,25,26)(H,21,22,23,24)/t16-/m1/s1. The molecule has 0 fully saturated rings. The number of rotatable bonds is 5. The summed E-state index contributed by atoms with van der Waals surface area (Å²) in [5.41, 5.74) is 2.83. The molecule has 0 aliphatic heterocycles. The zero-order valence-electron chi connectivity index (χ0n) is 14.0. The van der Waals surface area contributed by atoms with Gasteiger partial charge < -0.3 is 10.3 Å². The molecule has 4 rings (SSSR count). The molecule has 2 aromatic heterocycles. The minimum absolute atomic E-state index is 0.153. The van der Waals surface area contributed by atoms with Crippen molar-refractivity contribution in [2.24, 2.45) is 0 Å². The SMILES string of the molecule is O=C(Nc1ccc(Cl)cc1)[C@H](Sc1ncnc2nc[nH]c12)c1ccccc1. The van der Waals surface area contributed by atoms with E-state index in [1.54, 1.807) is 30.6 Å². The van der Waals surface area contributed by atoms with Crippen molar-refractivity contribution in [1.29, 1.82) is 0 Å². The van der Waals surface area contributed by atoms with E-state index in [0.29, 0.717) is 26.9 Å². The molecule has 1 atom stereocenters. The fourth-order valence-electron chi connectivity index (χ4n) is 2.59. The average molecular weight is 396 g/mol. The number of carbonyl (C=O) groups is 1. The number of aromatic nitrogens is 4. The number of amides is 1. The minimum atomic E-state index is -0.497. The van der Waals surface area contributed by atoms with E-state index >= 15 is 0 Å². The van der Waals surface area contributed by atoms with Gasteiger partial charge in [0, 0.05) is 10.7 Å². The Labute approximate surface area is 164 Å². The third kappa shape index (κ3) is 3.94. The molecule has 0 aliphatic carbocycles. The van der Waals surface area contributed by atoms with Crippen molar-refractivity contribution < 1.29 is 4.79 Å². The monoisotopic (exact) mass is 395 g/mol. The van der Waals surface area contributed by atoms with E-state index in [1.165, 1.54) is 18.1 Å². The molecule has 0 bridgehead atoms. The molecule has 0 aliphatic rings. The largest absolute Gasteiger partial charge is 0.341 e. The maximum atomic E-state index is 13.0. The third-order valence-corrected chi connectivity index (χ3v) is 5.38. The van der Waals surface area contributed by atoms with Crippen LogP contribution in [0.5, 0.6) is 0 Å². The van der Waals surface area contributed by atoms with Gasteiger partial charge in [-0.25, -0.2) is 15.0 Å². The number of hydrogen-bond acceptors (Lipinski definition) is 5. The van der Waals surface area contributed by atoms with Crippen LogP contribution in [0.3, 0.4) is 0 Å². The zero-order chi connectivity index (χ0) is 18.6. The summed E-state index contributed by atoms with van der Waals surface area (Å²) in [6.07, 6.45) is 3.01. The number of anilines is 1. The molecule has 0 radical (unpaired) electrons. The first-order chi connectivity index (χ1) is 13.2. The Hall–Kier alpha value is -2.90. The van der Waals surface area contributed by atoms with Crippen LogP contribution in [0.4, 0.5) is 5.69 Å². The predicted molar refractivity (Wildman–Crippen MR) is 107 cm³/mol. The second-order valence-corrected chi connectivity index (χ2v) is 7.21. The van der Waals surface area contributed by atoms with Crippen molar-refractivity contribution in [1.82, 2.24) is 19.9 Å². The van der Waals surface area contributed by atoms with Crippen molar-refractivity contribution in [3.05, 3.63) is 77.8 Å². The first kappa shape index (κ1) is 17.5. The maximum Gasteiger partial charge on any atom is 0.242 e. The summed E-state index contributed by atoms with van der Waals surface area (Å²) >= 11 is 7.26. The highest BCUT2D eigenvalue weighted by molar-refractivity contribution is 8.00. The second-order valence-electron chi connectivity index (χ2n) is 5.68. The number of hydrogen-bond donors (Lipinski definition) is 2. The van der Waals surface area contributed by atoms with Crippen LogP contribution < -0.4 is 5.32 Å². The Morgan fingerprint density at radius 1 is 1.04 bits per heavy atom. The molecule has 1 amide bonds. The second kappa shape index (κ2) is 7.77. The van der Waals surface area contributed by atoms with E-state index in [4.69, 9.17) is 11.6 Å². The summed E-state index contributed by atoms with van der Waals surface area (Å²) in [6, 6.07) is 16.6. The zero-order valence-corrected chi connectivity index (χ0v) is 15.5. The average Bonchev–Trinajstić information content (AvgIpc) is 3.18. The Bertz CT molecular complexity index is 1070. The van der Waals surface area contributed by atoms with Gasteiger partial charge in [0.2, 0.25) is 5.91 Å². The molecule has 4 aromatic rings. The Morgan fingerprint density at radius 2 is 1.81 bits per heavy atom. The lowest BCUT2D eigenvalue weighted by Gasteiger charge is -2.17. The summed E-state index contributed by atoms with van der Waals surface area (Å²) in [4.78, 5) is 28.7. The normalized spacial score (nSPS) is 12.0. The predicted octanol–water partition coefficient (Wildman–Crippen LogP) is 4.48. The molecule has 2 N–H and O–H groups in total. The number of benzene rings is 2. The van der Waals surface area contributed by atoms with E-state index in [1.807, 2.05) is 30.3 Å². The third-order valence-electron chi connectivity index (χ3n) is 3.87. The van der Waals surface area contributed by atoms with E-state index in [9.17, 15) is 4.79 Å². The quantitative estimate of drug-likeness (QED) is 0.384. The summed E-state index contributed by atoms with van der Waals surface area (Å²) < 4.78 is 0. The highest BCUT2D eigenvalue weighted by Gasteiger charge is 2.24. The van der Waals surface area contributed by atoms with Gasteiger partial charge in [-0.1, -0.05) is 53.7 Å². The molecule has 0 spiro atoms. The van der Waals surface area contributed by atoms with Gasteiger partial charge >= 0.3 is 0 Å². The van der Waals surface area contributed by atoms with Crippen molar-refractivity contribution in [3.63, 3.8) is 0 Å². The molecule has 0 saturated carbocycles. The lowest BCUT2D eigenvalue weighted by Crippen LogP contribution is -2.19. The molecule has 134 valence electrons. The summed E-state index contributed by atoms with van der Waals surface area (Å²) in [5.74, 6) is -0.153. The van der Waals surface area contributed by atoms with Gasteiger partial charge in [-0.05, 0) is 29.8 Å². The Morgan fingerprint density at radius 3 is 2.59 bits per heavy atom. The molecule has 2 aromatic carbocycles. The van der Waals surface area contributed by atoms with E-state index in [-0.39, 0.29) is 5.91 Å². The molecule has 0 unspecified atom stereocenters. The van der Waals surface area contributed by atoms with E-state index in [0.717, 1.165) is 5.56 Å². The highest BCUT2D eigenvalue weighted by Crippen LogP contribution is 2.37. The first-order valence-electron chi connectivity index (χ1n) is 8.13. The molecule has 2 heterocycles. The Balaban J connectivity index is 1.66. The van der Waals surface area contributed by atoms with E-state index < -0.39 is 5.25 Å². The smallest absolute Gasteiger partial charge is 0.242 e. The van der Waals surface area contributed by atoms with Crippen molar-refractivity contribution >= 4 is 46.1 Å². The van der Waals surface area contributed by atoms with Gasteiger partial charge in [0.1, 0.15) is 22.1 Å². The van der Waals surface area contributed by atoms with Crippen LogP contribution in [0.2, 0.25) is 5.02 Å². The molecular weight excluding hydrogens is 382 g/mol. The van der Waals surface area contributed by atoms with Crippen LogP contribution in [0.25, 0.3) is 11.2 Å². The summed E-state index contributed by atoms with van der Waals surface area (Å²) in [5, 5.41) is 3.73. The fourth-order valence-corrected chi connectivity index (χ4v) is 3.77. The van der Waals surface area contributed by atoms with Crippen LogP contribution in [0, 0.1) is 0 Å². The molecule has 27 heavy (non-hydrogen) atoms. The number of thioether (sulfide) groups is 1. The number of H-pyrrole nitrogens is 1. The first-order valence-corrected chi connectivity index (χ1v) is 9.38. The minimum Gasteiger partial charge on any atom is -0.341 e. The number of carbonyl (C=O) groups excluding carboxylic acids is 1. The van der Waals surface area contributed by atoms with Crippen molar-refractivity contribution in [3.8, 4) is 0 Å². The summed E-state index contributed by atoms with van der Waals surface area (Å²) in [6.45, 7) is 0. The van der Waals surface area contributed by atoms with Crippen LogP contribution in [0.15, 0.2) is 72.3 Å². The van der Waals surface area contributed by atoms with Crippen LogP contribution in [0.1, 0.15) is 10.8 Å². The molecule has 8 heteroatoms. The van der Waals surface area contributed by atoms with E-state index in [2.05, 4.69) is 25.3 Å². The fraction of sp³-hybridized carbons (Fsp3) is 0.0526. The van der Waals surface area contributed by atoms with Crippen LogP contribution in [-0.2, 0) is 4.79 Å². The molecule has 6 nitrogen and oxygen atoms in total. The Kier molecular flexibility index (Phi) is 5.04. The molecular formula is C19H14ClN5OS.